The summed E-state index contributed by atoms with van der Waals surface area (Å²) in [5.74, 6) is 0.937. The molecule has 1 aromatic heterocycles. The SMILES string of the molecule is C=CCNc1nccn1CCCCN(C)C(C)C. The minimum Gasteiger partial charge on any atom is -0.352 e. The Morgan fingerprint density at radius 2 is 2.28 bits per heavy atom. The zero-order valence-corrected chi connectivity index (χ0v) is 11.9. The Morgan fingerprint density at radius 1 is 1.50 bits per heavy atom. The zero-order chi connectivity index (χ0) is 13.4. The van der Waals surface area contributed by atoms with E-state index in [1.54, 1.807) is 0 Å². The van der Waals surface area contributed by atoms with E-state index in [1.807, 2.05) is 18.5 Å². The predicted molar refractivity (Wildman–Crippen MR) is 77.9 cm³/mol. The fraction of sp³-hybridized carbons (Fsp3) is 0.643. The first-order valence-electron chi connectivity index (χ1n) is 6.71. The lowest BCUT2D eigenvalue weighted by Gasteiger charge is -2.20. The molecule has 102 valence electrons. The van der Waals surface area contributed by atoms with Crippen molar-refractivity contribution in [2.24, 2.45) is 0 Å². The molecule has 0 atom stereocenters. The summed E-state index contributed by atoms with van der Waals surface area (Å²) in [5, 5.41) is 3.23. The van der Waals surface area contributed by atoms with Crippen molar-refractivity contribution in [2.75, 3.05) is 25.5 Å². The second-order valence-electron chi connectivity index (χ2n) is 4.90. The van der Waals surface area contributed by atoms with E-state index >= 15 is 0 Å². The molecular formula is C14H26N4. The Bertz CT molecular complexity index is 343. The summed E-state index contributed by atoms with van der Waals surface area (Å²) in [6, 6.07) is 0.628. The number of imidazole rings is 1. The number of nitrogens with zero attached hydrogens (tertiary/aromatic N) is 3. The first-order valence-corrected chi connectivity index (χ1v) is 6.71. The Kier molecular flexibility index (Phi) is 6.50. The fourth-order valence-electron chi connectivity index (χ4n) is 1.72. The quantitative estimate of drug-likeness (QED) is 0.540. The topological polar surface area (TPSA) is 33.1 Å². The van der Waals surface area contributed by atoms with Crippen LogP contribution >= 0.6 is 0 Å². The highest BCUT2D eigenvalue weighted by molar-refractivity contribution is 5.26. The van der Waals surface area contributed by atoms with E-state index in [4.69, 9.17) is 0 Å². The van der Waals surface area contributed by atoms with Gasteiger partial charge in [0.25, 0.3) is 0 Å². The maximum Gasteiger partial charge on any atom is 0.203 e. The Hall–Kier alpha value is -1.29. The molecule has 1 N–H and O–H groups in total. The summed E-state index contributed by atoms with van der Waals surface area (Å²) in [4.78, 5) is 6.67. The summed E-state index contributed by atoms with van der Waals surface area (Å²) in [5.41, 5.74) is 0. The van der Waals surface area contributed by atoms with E-state index in [0.717, 1.165) is 25.6 Å². The van der Waals surface area contributed by atoms with Gasteiger partial charge in [-0.1, -0.05) is 6.08 Å². The number of nitrogens with one attached hydrogen (secondary N) is 1. The molecule has 1 aromatic rings. The van der Waals surface area contributed by atoms with Crippen LogP contribution in [0.1, 0.15) is 26.7 Å². The van der Waals surface area contributed by atoms with Crippen LogP contribution in [-0.2, 0) is 6.54 Å². The van der Waals surface area contributed by atoms with Gasteiger partial charge in [-0.15, -0.1) is 6.58 Å². The Balaban J connectivity index is 2.26. The molecule has 0 bridgehead atoms. The second-order valence-corrected chi connectivity index (χ2v) is 4.90. The average Bonchev–Trinajstić information content (AvgIpc) is 2.79. The van der Waals surface area contributed by atoms with Gasteiger partial charge in [-0.05, 0) is 40.3 Å². The molecule has 0 unspecified atom stereocenters. The van der Waals surface area contributed by atoms with Crippen molar-refractivity contribution in [3.8, 4) is 0 Å². The highest BCUT2D eigenvalue weighted by atomic mass is 15.2. The maximum atomic E-state index is 4.29. The van der Waals surface area contributed by atoms with Crippen LogP contribution in [0.4, 0.5) is 5.95 Å². The number of anilines is 1. The third-order valence-corrected chi connectivity index (χ3v) is 3.16. The number of rotatable bonds is 9. The lowest BCUT2D eigenvalue weighted by atomic mass is 10.2. The average molecular weight is 250 g/mol. The maximum absolute atomic E-state index is 4.29. The van der Waals surface area contributed by atoms with E-state index in [1.165, 1.54) is 12.8 Å². The predicted octanol–water partition coefficient (Wildman–Crippen LogP) is 2.60. The van der Waals surface area contributed by atoms with Crippen LogP contribution in [0.2, 0.25) is 0 Å². The van der Waals surface area contributed by atoms with Crippen molar-refractivity contribution >= 4 is 5.95 Å². The van der Waals surface area contributed by atoms with Gasteiger partial charge in [0.05, 0.1) is 0 Å². The van der Waals surface area contributed by atoms with Crippen molar-refractivity contribution in [2.45, 2.75) is 39.3 Å². The highest BCUT2D eigenvalue weighted by Gasteiger charge is 2.03. The van der Waals surface area contributed by atoms with E-state index in [9.17, 15) is 0 Å². The van der Waals surface area contributed by atoms with Gasteiger partial charge in [0.2, 0.25) is 5.95 Å². The standard InChI is InChI=1S/C14H26N4/c1-5-8-15-14-16-9-12-18(14)11-7-6-10-17(4)13(2)3/h5,9,12-13H,1,6-8,10-11H2,2-4H3,(H,15,16). The van der Waals surface area contributed by atoms with E-state index < -0.39 is 0 Å². The summed E-state index contributed by atoms with van der Waals surface area (Å²) in [6.07, 6.45) is 8.10. The molecule has 0 radical (unpaired) electrons. The molecule has 0 aliphatic heterocycles. The first kappa shape index (κ1) is 14.8. The molecule has 0 aliphatic carbocycles. The molecule has 18 heavy (non-hydrogen) atoms. The zero-order valence-electron chi connectivity index (χ0n) is 11.9. The molecule has 0 saturated heterocycles. The molecule has 0 spiro atoms. The summed E-state index contributed by atoms with van der Waals surface area (Å²) in [6.45, 7) is 11.1. The van der Waals surface area contributed by atoms with Crippen LogP contribution in [-0.4, -0.2) is 40.6 Å². The van der Waals surface area contributed by atoms with E-state index in [0.29, 0.717) is 6.04 Å². The number of hydrogen-bond donors (Lipinski definition) is 1. The normalized spacial score (nSPS) is 11.2. The molecule has 0 fully saturated rings. The summed E-state index contributed by atoms with van der Waals surface area (Å²) < 4.78 is 2.17. The fourth-order valence-corrected chi connectivity index (χ4v) is 1.72. The number of hydrogen-bond acceptors (Lipinski definition) is 3. The number of aryl methyl sites for hydroxylation is 1. The Morgan fingerprint density at radius 3 is 2.94 bits per heavy atom. The van der Waals surface area contributed by atoms with Gasteiger partial charge < -0.3 is 14.8 Å². The lowest BCUT2D eigenvalue weighted by Crippen LogP contribution is -2.27. The highest BCUT2D eigenvalue weighted by Crippen LogP contribution is 2.07. The molecule has 1 heterocycles. The number of unbranched alkanes of at least 4 members (excludes halogenated alkanes) is 1. The summed E-state index contributed by atoms with van der Waals surface area (Å²) in [7, 11) is 2.18. The third-order valence-electron chi connectivity index (χ3n) is 3.16. The molecule has 1 rings (SSSR count). The molecule has 0 aromatic carbocycles. The molecule has 4 heteroatoms. The lowest BCUT2D eigenvalue weighted by molar-refractivity contribution is 0.266. The van der Waals surface area contributed by atoms with Crippen LogP contribution < -0.4 is 5.32 Å². The molecule has 0 saturated carbocycles. The van der Waals surface area contributed by atoms with Crippen LogP contribution in [0.5, 0.6) is 0 Å². The van der Waals surface area contributed by atoms with Gasteiger partial charge in [0.1, 0.15) is 0 Å². The molecule has 0 aliphatic rings. The third kappa shape index (κ3) is 4.92. The largest absolute Gasteiger partial charge is 0.352 e. The van der Waals surface area contributed by atoms with Gasteiger partial charge in [-0.25, -0.2) is 4.98 Å². The van der Waals surface area contributed by atoms with Gasteiger partial charge in [-0.3, -0.25) is 0 Å². The van der Waals surface area contributed by atoms with Crippen LogP contribution in [0, 0.1) is 0 Å². The monoisotopic (exact) mass is 250 g/mol. The van der Waals surface area contributed by atoms with Crippen molar-refractivity contribution in [1.29, 1.82) is 0 Å². The smallest absolute Gasteiger partial charge is 0.203 e. The minimum atomic E-state index is 0.628. The van der Waals surface area contributed by atoms with Crippen molar-refractivity contribution in [3.05, 3.63) is 25.0 Å². The van der Waals surface area contributed by atoms with E-state index in [-0.39, 0.29) is 0 Å². The van der Waals surface area contributed by atoms with Crippen molar-refractivity contribution in [3.63, 3.8) is 0 Å². The minimum absolute atomic E-state index is 0.628. The van der Waals surface area contributed by atoms with Crippen LogP contribution in [0.3, 0.4) is 0 Å². The van der Waals surface area contributed by atoms with Gasteiger partial charge in [-0.2, -0.15) is 0 Å². The summed E-state index contributed by atoms with van der Waals surface area (Å²) >= 11 is 0. The van der Waals surface area contributed by atoms with Gasteiger partial charge in [0.15, 0.2) is 0 Å². The van der Waals surface area contributed by atoms with E-state index in [2.05, 4.69) is 47.2 Å². The van der Waals surface area contributed by atoms with Gasteiger partial charge >= 0.3 is 0 Å². The molecule has 4 nitrogen and oxygen atoms in total. The van der Waals surface area contributed by atoms with Crippen molar-refractivity contribution in [1.82, 2.24) is 14.5 Å². The second kappa shape index (κ2) is 7.93. The Labute approximate surface area is 111 Å². The van der Waals surface area contributed by atoms with Crippen LogP contribution in [0.25, 0.3) is 0 Å². The number of aromatic nitrogens is 2. The van der Waals surface area contributed by atoms with Gasteiger partial charge in [0, 0.05) is 31.5 Å². The van der Waals surface area contributed by atoms with Crippen LogP contribution in [0.15, 0.2) is 25.0 Å². The van der Waals surface area contributed by atoms with Crippen molar-refractivity contribution < 1.29 is 0 Å². The first-order chi connectivity index (χ1) is 8.65. The molecule has 0 amide bonds. The molecular weight excluding hydrogens is 224 g/mol.